The summed E-state index contributed by atoms with van der Waals surface area (Å²) in [5.41, 5.74) is 0.115. The topological polar surface area (TPSA) is 121 Å². The van der Waals surface area contributed by atoms with Crippen molar-refractivity contribution in [2.45, 2.75) is 18.9 Å². The summed E-state index contributed by atoms with van der Waals surface area (Å²) in [7, 11) is 1.62. The molecule has 1 fully saturated rings. The molecule has 31 heavy (non-hydrogen) atoms. The van der Waals surface area contributed by atoms with E-state index in [9.17, 15) is 19.8 Å². The van der Waals surface area contributed by atoms with E-state index >= 15 is 0 Å². The standard InChI is InChI=1S/C22H19N5O4/c1-14-12-23-27(13-14)18-11-17(20(28)29)24-19(25-18)16-5-3-4-15(10-16)6-7-22(31)8-9-26(2)21(22)30/h3-5,10-13,31H,8-9H2,1-2H3,(H,28,29). The maximum absolute atomic E-state index is 12.1. The number of carbonyl (C=O) groups is 2. The third-order valence-electron chi connectivity index (χ3n) is 4.92. The van der Waals surface area contributed by atoms with Crippen LogP contribution in [0.15, 0.2) is 42.7 Å². The number of carboxylic acid groups (broad SMARTS) is 1. The molecule has 0 spiro atoms. The quantitative estimate of drug-likeness (QED) is 0.616. The lowest BCUT2D eigenvalue weighted by molar-refractivity contribution is -0.137. The summed E-state index contributed by atoms with van der Waals surface area (Å²) in [5, 5.41) is 24.1. The highest BCUT2D eigenvalue weighted by Crippen LogP contribution is 2.22. The van der Waals surface area contributed by atoms with E-state index in [1.807, 2.05) is 6.92 Å². The summed E-state index contributed by atoms with van der Waals surface area (Å²) < 4.78 is 1.48. The highest BCUT2D eigenvalue weighted by atomic mass is 16.4. The van der Waals surface area contributed by atoms with Gasteiger partial charge in [0, 0.05) is 43.4 Å². The predicted molar refractivity (Wildman–Crippen MR) is 110 cm³/mol. The lowest BCUT2D eigenvalue weighted by Crippen LogP contribution is -2.37. The fraction of sp³-hybridized carbons (Fsp3) is 0.227. The van der Waals surface area contributed by atoms with Crippen LogP contribution in [-0.4, -0.2) is 65.9 Å². The van der Waals surface area contributed by atoms with Crippen molar-refractivity contribution >= 4 is 11.9 Å². The zero-order chi connectivity index (χ0) is 22.2. The monoisotopic (exact) mass is 417 g/mol. The molecule has 9 heteroatoms. The van der Waals surface area contributed by atoms with Crippen LogP contribution in [0.5, 0.6) is 0 Å². The van der Waals surface area contributed by atoms with Crippen LogP contribution in [0.25, 0.3) is 17.2 Å². The van der Waals surface area contributed by atoms with Crippen molar-refractivity contribution in [1.82, 2.24) is 24.6 Å². The lowest BCUT2D eigenvalue weighted by Gasteiger charge is -2.13. The van der Waals surface area contributed by atoms with Crippen LogP contribution in [0.1, 0.15) is 28.0 Å². The van der Waals surface area contributed by atoms with Gasteiger partial charge in [-0.3, -0.25) is 4.79 Å². The molecule has 1 saturated heterocycles. The molecule has 0 radical (unpaired) electrons. The molecule has 156 valence electrons. The number of carboxylic acids is 1. The lowest BCUT2D eigenvalue weighted by atomic mass is 10.0. The predicted octanol–water partition coefficient (Wildman–Crippen LogP) is 1.28. The van der Waals surface area contributed by atoms with Crippen molar-refractivity contribution in [3.63, 3.8) is 0 Å². The number of carbonyl (C=O) groups excluding carboxylic acids is 1. The fourth-order valence-electron chi connectivity index (χ4n) is 3.21. The van der Waals surface area contributed by atoms with Crippen molar-refractivity contribution in [3.05, 3.63) is 59.5 Å². The highest BCUT2D eigenvalue weighted by molar-refractivity contribution is 5.90. The van der Waals surface area contributed by atoms with Crippen LogP contribution in [0.3, 0.4) is 0 Å². The molecule has 1 atom stereocenters. The molecule has 1 unspecified atom stereocenters. The summed E-state index contributed by atoms with van der Waals surface area (Å²) in [6.45, 7) is 2.31. The highest BCUT2D eigenvalue weighted by Gasteiger charge is 2.42. The van der Waals surface area contributed by atoms with Gasteiger partial charge in [-0.05, 0) is 24.6 Å². The Kier molecular flexibility index (Phi) is 5.01. The van der Waals surface area contributed by atoms with Crippen LogP contribution in [0.2, 0.25) is 0 Å². The Morgan fingerprint density at radius 3 is 2.71 bits per heavy atom. The van der Waals surface area contributed by atoms with E-state index < -0.39 is 17.5 Å². The Bertz CT molecular complexity index is 1260. The minimum absolute atomic E-state index is 0.168. The first-order chi connectivity index (χ1) is 14.7. The zero-order valence-corrected chi connectivity index (χ0v) is 16.9. The first-order valence-electron chi connectivity index (χ1n) is 9.51. The van der Waals surface area contributed by atoms with Gasteiger partial charge in [0.25, 0.3) is 5.91 Å². The summed E-state index contributed by atoms with van der Waals surface area (Å²) in [6.07, 6.45) is 3.62. The molecule has 3 aromatic rings. The maximum Gasteiger partial charge on any atom is 0.354 e. The zero-order valence-electron chi connectivity index (χ0n) is 16.9. The van der Waals surface area contributed by atoms with Crippen LogP contribution >= 0.6 is 0 Å². The van der Waals surface area contributed by atoms with Gasteiger partial charge < -0.3 is 15.1 Å². The molecule has 4 rings (SSSR count). The number of aromatic nitrogens is 4. The van der Waals surface area contributed by atoms with Crippen LogP contribution < -0.4 is 0 Å². The van der Waals surface area contributed by atoms with Crippen LogP contribution in [0.4, 0.5) is 0 Å². The second-order valence-corrected chi connectivity index (χ2v) is 7.37. The van der Waals surface area contributed by atoms with Crippen LogP contribution in [0, 0.1) is 18.8 Å². The Labute approximate surface area is 178 Å². The Morgan fingerprint density at radius 1 is 1.26 bits per heavy atom. The number of amides is 1. The van der Waals surface area contributed by atoms with Gasteiger partial charge in [0.1, 0.15) is 0 Å². The van der Waals surface area contributed by atoms with Crippen molar-refractivity contribution in [2.75, 3.05) is 13.6 Å². The number of likely N-dealkylation sites (N-methyl/N-ethyl adjacent to an activating group) is 1. The molecule has 0 aliphatic carbocycles. The van der Waals surface area contributed by atoms with E-state index in [-0.39, 0.29) is 17.9 Å². The van der Waals surface area contributed by atoms with Gasteiger partial charge in [-0.25, -0.2) is 19.4 Å². The minimum atomic E-state index is -1.70. The second-order valence-electron chi connectivity index (χ2n) is 7.37. The van der Waals surface area contributed by atoms with E-state index in [0.717, 1.165) is 5.56 Å². The van der Waals surface area contributed by atoms with Gasteiger partial charge in [-0.2, -0.15) is 5.10 Å². The molecule has 2 N–H and O–H groups in total. The Hall–Kier alpha value is -4.03. The number of hydrogen-bond acceptors (Lipinski definition) is 6. The number of aryl methyl sites for hydroxylation is 1. The average molecular weight is 417 g/mol. The van der Waals surface area contributed by atoms with Gasteiger partial charge >= 0.3 is 5.97 Å². The Balaban J connectivity index is 1.73. The van der Waals surface area contributed by atoms with Crippen LogP contribution in [-0.2, 0) is 4.79 Å². The van der Waals surface area contributed by atoms with E-state index in [1.54, 1.807) is 43.7 Å². The number of hydrogen-bond donors (Lipinski definition) is 2. The second kappa shape index (κ2) is 7.66. The normalized spacial score (nSPS) is 18.0. The SMILES string of the molecule is Cc1cnn(-c2cc(C(=O)O)nc(-c3cccc(C#CC4(O)CCN(C)C4=O)c3)n2)c1. The number of rotatable bonds is 3. The van der Waals surface area contributed by atoms with Crippen molar-refractivity contribution in [2.24, 2.45) is 0 Å². The summed E-state index contributed by atoms with van der Waals surface area (Å²) in [6, 6.07) is 8.20. The third kappa shape index (κ3) is 4.01. The molecule has 0 bridgehead atoms. The molecule has 9 nitrogen and oxygen atoms in total. The van der Waals surface area contributed by atoms with Gasteiger partial charge in [-0.1, -0.05) is 24.0 Å². The molecule has 3 heterocycles. The number of likely N-dealkylation sites (tertiary alicyclic amines) is 1. The van der Waals surface area contributed by atoms with Gasteiger partial charge in [0.2, 0.25) is 5.60 Å². The molecule has 1 aliphatic heterocycles. The molecule has 0 saturated carbocycles. The summed E-state index contributed by atoms with van der Waals surface area (Å²) in [4.78, 5) is 33.7. The number of benzene rings is 1. The number of aliphatic hydroxyl groups is 1. The van der Waals surface area contributed by atoms with Crippen molar-refractivity contribution in [3.8, 4) is 29.0 Å². The first-order valence-corrected chi connectivity index (χ1v) is 9.51. The number of nitrogens with zero attached hydrogens (tertiary/aromatic N) is 5. The fourth-order valence-corrected chi connectivity index (χ4v) is 3.21. The Morgan fingerprint density at radius 2 is 2.06 bits per heavy atom. The molecule has 2 aromatic heterocycles. The van der Waals surface area contributed by atoms with E-state index in [2.05, 4.69) is 26.9 Å². The largest absolute Gasteiger partial charge is 0.477 e. The van der Waals surface area contributed by atoms with E-state index in [1.165, 1.54) is 15.6 Å². The van der Waals surface area contributed by atoms with E-state index in [4.69, 9.17) is 0 Å². The third-order valence-corrected chi connectivity index (χ3v) is 4.92. The smallest absolute Gasteiger partial charge is 0.354 e. The van der Waals surface area contributed by atoms with Gasteiger partial charge in [-0.15, -0.1) is 0 Å². The van der Waals surface area contributed by atoms with Crippen molar-refractivity contribution in [1.29, 1.82) is 0 Å². The summed E-state index contributed by atoms with van der Waals surface area (Å²) >= 11 is 0. The van der Waals surface area contributed by atoms with Gasteiger partial charge in [0.15, 0.2) is 17.3 Å². The van der Waals surface area contributed by atoms with Gasteiger partial charge in [0.05, 0.1) is 6.20 Å². The molecular formula is C22H19N5O4. The van der Waals surface area contributed by atoms with E-state index in [0.29, 0.717) is 23.5 Å². The number of aromatic carboxylic acids is 1. The first kappa shape index (κ1) is 20.3. The molecular weight excluding hydrogens is 398 g/mol. The molecule has 1 aliphatic rings. The minimum Gasteiger partial charge on any atom is -0.477 e. The molecule has 1 aromatic carbocycles. The molecule has 1 amide bonds. The summed E-state index contributed by atoms with van der Waals surface area (Å²) in [5.74, 6) is 4.42. The average Bonchev–Trinajstić information content (AvgIpc) is 3.31. The van der Waals surface area contributed by atoms with Crippen molar-refractivity contribution < 1.29 is 19.8 Å². The maximum atomic E-state index is 12.1.